The number of aliphatic hydroxyl groups is 1. The van der Waals surface area contributed by atoms with Crippen molar-refractivity contribution in [3.63, 3.8) is 0 Å². The normalized spacial score (nSPS) is 21.4. The number of benzene rings is 1. The Labute approximate surface area is 118 Å². The van der Waals surface area contributed by atoms with Crippen LogP contribution in [0.2, 0.25) is 13.1 Å². The molecule has 1 fully saturated rings. The van der Waals surface area contributed by atoms with Crippen molar-refractivity contribution in [1.29, 1.82) is 0 Å². The molecule has 0 aliphatic carbocycles. The van der Waals surface area contributed by atoms with Crippen LogP contribution in [0.4, 0.5) is 5.69 Å². The minimum absolute atomic E-state index is 0.0677. The van der Waals surface area contributed by atoms with Gasteiger partial charge in [-0.3, -0.25) is 4.79 Å². The van der Waals surface area contributed by atoms with E-state index in [1.807, 2.05) is 4.90 Å². The number of fused-ring (bicyclic) bond motifs is 1. The standard InChI is InChI=1S/C14H18BN3O2/c1-15-5-2-6-18(8-15)14(20)10-3-4-11-12(7-10)16-9-17-13(11)19/h3-4,7,9,13,19H,2,5-6,8H2,1H3,(H,16,17). The van der Waals surface area contributed by atoms with Crippen LogP contribution in [0.5, 0.6) is 0 Å². The van der Waals surface area contributed by atoms with Crippen molar-refractivity contribution in [2.45, 2.75) is 25.8 Å². The number of carbonyl (C=O) groups is 1. The molecule has 1 unspecified atom stereocenters. The molecule has 1 saturated heterocycles. The lowest BCUT2D eigenvalue weighted by molar-refractivity contribution is 0.0774. The van der Waals surface area contributed by atoms with Gasteiger partial charge in [0.05, 0.1) is 6.34 Å². The lowest BCUT2D eigenvalue weighted by Crippen LogP contribution is -2.43. The molecule has 6 heteroatoms. The average Bonchev–Trinajstić information content (AvgIpc) is 2.46. The minimum Gasteiger partial charge on any atom is -0.368 e. The number of amides is 1. The van der Waals surface area contributed by atoms with E-state index in [9.17, 15) is 9.90 Å². The second-order valence-corrected chi connectivity index (χ2v) is 5.60. The predicted molar refractivity (Wildman–Crippen MR) is 80.5 cm³/mol. The highest BCUT2D eigenvalue weighted by molar-refractivity contribution is 6.58. The minimum atomic E-state index is -0.842. The smallest absolute Gasteiger partial charge is 0.253 e. The first-order chi connectivity index (χ1) is 9.65. The van der Waals surface area contributed by atoms with Crippen molar-refractivity contribution in [2.24, 2.45) is 4.99 Å². The van der Waals surface area contributed by atoms with Crippen LogP contribution in [0.25, 0.3) is 0 Å². The Hall–Kier alpha value is -1.82. The van der Waals surface area contributed by atoms with Crippen LogP contribution in [0.1, 0.15) is 28.6 Å². The number of hydrogen-bond donors (Lipinski definition) is 2. The van der Waals surface area contributed by atoms with Gasteiger partial charge in [0.25, 0.3) is 5.91 Å². The summed E-state index contributed by atoms with van der Waals surface area (Å²) in [5, 5.41) is 12.7. The topological polar surface area (TPSA) is 64.9 Å². The zero-order chi connectivity index (χ0) is 14.1. The Morgan fingerprint density at radius 1 is 1.55 bits per heavy atom. The van der Waals surface area contributed by atoms with Gasteiger partial charge in [0, 0.05) is 23.4 Å². The Balaban J connectivity index is 1.82. The van der Waals surface area contributed by atoms with Crippen LogP contribution in [0.3, 0.4) is 0 Å². The van der Waals surface area contributed by atoms with Gasteiger partial charge >= 0.3 is 0 Å². The summed E-state index contributed by atoms with van der Waals surface area (Å²) in [6.07, 6.45) is 3.71. The lowest BCUT2D eigenvalue weighted by Gasteiger charge is -2.30. The molecule has 0 aromatic heterocycles. The quantitative estimate of drug-likeness (QED) is 0.763. The highest BCUT2D eigenvalue weighted by Crippen LogP contribution is 2.28. The van der Waals surface area contributed by atoms with E-state index in [1.54, 1.807) is 18.2 Å². The summed E-state index contributed by atoms with van der Waals surface area (Å²) in [4.78, 5) is 18.3. The molecule has 1 aromatic carbocycles. The van der Waals surface area contributed by atoms with Gasteiger partial charge in [-0.05, 0) is 25.0 Å². The van der Waals surface area contributed by atoms with Crippen molar-refractivity contribution in [1.82, 2.24) is 4.90 Å². The second-order valence-electron chi connectivity index (χ2n) is 5.60. The van der Waals surface area contributed by atoms with Crippen molar-refractivity contribution in [3.8, 4) is 0 Å². The Bertz CT molecular complexity index is 561. The largest absolute Gasteiger partial charge is 0.368 e. The molecule has 0 bridgehead atoms. The van der Waals surface area contributed by atoms with Gasteiger partial charge < -0.3 is 15.3 Å². The fraction of sp³-hybridized carbons (Fsp3) is 0.429. The van der Waals surface area contributed by atoms with Gasteiger partial charge in [-0.15, -0.1) is 0 Å². The van der Waals surface area contributed by atoms with Crippen molar-refractivity contribution >= 4 is 24.6 Å². The fourth-order valence-electron chi connectivity index (χ4n) is 2.85. The highest BCUT2D eigenvalue weighted by atomic mass is 16.3. The molecule has 0 radical (unpaired) electrons. The molecule has 0 spiro atoms. The third-order valence-corrected chi connectivity index (χ3v) is 3.96. The van der Waals surface area contributed by atoms with Crippen molar-refractivity contribution < 1.29 is 9.90 Å². The summed E-state index contributed by atoms with van der Waals surface area (Å²) in [6.45, 7) is 3.58. The Morgan fingerprint density at radius 2 is 2.40 bits per heavy atom. The zero-order valence-corrected chi connectivity index (χ0v) is 11.5. The third-order valence-electron chi connectivity index (χ3n) is 3.96. The van der Waals surface area contributed by atoms with Crippen molar-refractivity contribution in [2.75, 3.05) is 18.3 Å². The molecule has 104 valence electrons. The van der Waals surface area contributed by atoms with Gasteiger partial charge in [-0.25, -0.2) is 4.99 Å². The van der Waals surface area contributed by atoms with E-state index in [0.717, 1.165) is 25.1 Å². The number of carbonyl (C=O) groups excluding carboxylic acids is 1. The number of aliphatic hydroxyl groups excluding tert-OH is 1. The first kappa shape index (κ1) is 13.2. The van der Waals surface area contributed by atoms with Crippen molar-refractivity contribution in [3.05, 3.63) is 29.3 Å². The van der Waals surface area contributed by atoms with E-state index in [2.05, 4.69) is 17.1 Å². The number of aliphatic imine (C=N–C) groups is 1. The molecule has 20 heavy (non-hydrogen) atoms. The molecule has 2 aliphatic heterocycles. The highest BCUT2D eigenvalue weighted by Gasteiger charge is 2.25. The fourth-order valence-corrected chi connectivity index (χ4v) is 2.85. The van der Waals surface area contributed by atoms with E-state index < -0.39 is 6.23 Å². The third kappa shape index (κ3) is 2.43. The number of nitrogens with one attached hydrogen (secondary N) is 1. The molecular formula is C14H18BN3O2. The summed E-state index contributed by atoms with van der Waals surface area (Å²) in [7, 11) is 0. The number of nitrogens with zero attached hydrogens (tertiary/aromatic N) is 2. The first-order valence-corrected chi connectivity index (χ1v) is 7.04. The van der Waals surface area contributed by atoms with Crippen LogP contribution in [0, 0.1) is 0 Å². The Kier molecular flexibility index (Phi) is 3.48. The summed E-state index contributed by atoms with van der Waals surface area (Å²) in [6, 6.07) is 5.33. The first-order valence-electron chi connectivity index (χ1n) is 7.04. The molecule has 1 aromatic rings. The zero-order valence-electron chi connectivity index (χ0n) is 11.5. The number of rotatable bonds is 1. The SMILES string of the molecule is CB1CCCN(C(=O)c2ccc3c(c2)NC=NC3O)C1. The molecule has 1 amide bonds. The van der Waals surface area contributed by atoms with Crippen LogP contribution in [0.15, 0.2) is 23.2 Å². The van der Waals surface area contributed by atoms with Gasteiger partial charge in [-0.1, -0.05) is 19.2 Å². The van der Waals surface area contributed by atoms with Gasteiger partial charge in [-0.2, -0.15) is 0 Å². The summed E-state index contributed by atoms with van der Waals surface area (Å²) < 4.78 is 0. The summed E-state index contributed by atoms with van der Waals surface area (Å²) in [5.74, 6) is 0.0677. The lowest BCUT2D eigenvalue weighted by atomic mass is 9.47. The predicted octanol–water partition coefficient (Wildman–Crippen LogP) is 1.64. The van der Waals surface area contributed by atoms with Gasteiger partial charge in [0.1, 0.15) is 0 Å². The Morgan fingerprint density at radius 3 is 3.20 bits per heavy atom. The van der Waals surface area contributed by atoms with E-state index in [4.69, 9.17) is 0 Å². The molecular weight excluding hydrogens is 253 g/mol. The molecule has 2 heterocycles. The second kappa shape index (κ2) is 5.29. The van der Waals surface area contributed by atoms with E-state index >= 15 is 0 Å². The average molecular weight is 271 g/mol. The van der Waals surface area contributed by atoms with Gasteiger partial charge in [0.2, 0.25) is 0 Å². The van der Waals surface area contributed by atoms with Gasteiger partial charge in [0.15, 0.2) is 12.9 Å². The van der Waals surface area contributed by atoms with E-state index in [1.165, 1.54) is 12.7 Å². The maximum atomic E-state index is 12.5. The number of anilines is 1. The molecule has 0 saturated carbocycles. The van der Waals surface area contributed by atoms with E-state index in [-0.39, 0.29) is 5.91 Å². The summed E-state index contributed by atoms with van der Waals surface area (Å²) in [5.41, 5.74) is 2.12. The maximum absolute atomic E-state index is 12.5. The van der Waals surface area contributed by atoms with Crippen LogP contribution >= 0.6 is 0 Å². The van der Waals surface area contributed by atoms with E-state index in [0.29, 0.717) is 17.8 Å². The van der Waals surface area contributed by atoms with Crippen LogP contribution in [-0.4, -0.2) is 42.0 Å². The molecule has 2 N–H and O–H groups in total. The van der Waals surface area contributed by atoms with Crippen LogP contribution < -0.4 is 5.32 Å². The molecule has 3 rings (SSSR count). The monoisotopic (exact) mass is 271 g/mol. The molecule has 2 aliphatic rings. The molecule has 1 atom stereocenters. The van der Waals surface area contributed by atoms with Crippen LogP contribution in [-0.2, 0) is 0 Å². The maximum Gasteiger partial charge on any atom is 0.253 e. The number of hydrogen-bond acceptors (Lipinski definition) is 4. The summed E-state index contributed by atoms with van der Waals surface area (Å²) >= 11 is 0. The molecule has 5 nitrogen and oxygen atoms in total.